The van der Waals surface area contributed by atoms with Crippen LogP contribution in [0.25, 0.3) is 6.08 Å². The molecule has 1 aromatic rings. The smallest absolute Gasteiger partial charge is 0.211 e. The number of aliphatic imine (C=N–C) groups is 1. The number of carbonyl (C=O) groups excluding carboxylic acids is 1. The number of rotatable bonds is 2. The number of hydrogen-bond donors (Lipinski definition) is 0. The monoisotopic (exact) mass is 223 g/mol. The Morgan fingerprint density at radius 2 is 2.33 bits per heavy atom. The van der Waals surface area contributed by atoms with E-state index in [4.69, 9.17) is 0 Å². The van der Waals surface area contributed by atoms with Crippen LogP contribution in [0.2, 0.25) is 0 Å². The Morgan fingerprint density at radius 3 is 3.00 bits per heavy atom. The zero-order chi connectivity index (χ0) is 8.81. The van der Waals surface area contributed by atoms with Gasteiger partial charge in [-0.15, -0.1) is 0 Å². The number of benzene rings is 1. The van der Waals surface area contributed by atoms with Gasteiger partial charge in [0.25, 0.3) is 0 Å². The molecule has 0 N–H and O–H groups in total. The lowest BCUT2D eigenvalue weighted by molar-refractivity contribution is 0.565. The Balaban J connectivity index is 2.82. The molecule has 2 nitrogen and oxygen atoms in total. The molecule has 0 aromatic heterocycles. The van der Waals surface area contributed by atoms with Crippen LogP contribution in [0.4, 0.5) is 0 Å². The Morgan fingerprint density at radius 1 is 1.50 bits per heavy atom. The van der Waals surface area contributed by atoms with E-state index in [-0.39, 0.29) is 0 Å². The molecule has 1 rings (SSSR count). The lowest BCUT2D eigenvalue weighted by atomic mass is 10.2. The highest BCUT2D eigenvalue weighted by Gasteiger charge is 1.86. The van der Waals surface area contributed by atoms with Gasteiger partial charge in [0.05, 0.1) is 0 Å². The van der Waals surface area contributed by atoms with Gasteiger partial charge in [0, 0.05) is 10.7 Å². The normalized spacial score (nSPS) is 9.75. The van der Waals surface area contributed by atoms with Crippen LogP contribution in [-0.2, 0) is 4.79 Å². The predicted molar refractivity (Wildman–Crippen MR) is 51.3 cm³/mol. The van der Waals surface area contributed by atoms with Crippen LogP contribution in [0.3, 0.4) is 0 Å². The van der Waals surface area contributed by atoms with Crippen molar-refractivity contribution in [3.63, 3.8) is 0 Å². The van der Waals surface area contributed by atoms with Crippen molar-refractivity contribution in [3.05, 3.63) is 40.5 Å². The van der Waals surface area contributed by atoms with E-state index in [1.165, 1.54) is 12.3 Å². The molecule has 0 saturated carbocycles. The molecule has 3 heteroatoms. The largest absolute Gasteiger partial charge is 0.239 e. The minimum absolute atomic E-state index is 0.989. The molecule has 0 spiro atoms. The fourth-order valence-electron chi connectivity index (χ4n) is 0.764. The van der Waals surface area contributed by atoms with E-state index in [1.54, 1.807) is 6.08 Å². The second kappa shape index (κ2) is 4.65. The zero-order valence-electron chi connectivity index (χ0n) is 6.20. The van der Waals surface area contributed by atoms with Crippen molar-refractivity contribution in [3.8, 4) is 0 Å². The molecular formula is C9H6BrNO. The van der Waals surface area contributed by atoms with E-state index in [1.807, 2.05) is 24.3 Å². The molecule has 0 amide bonds. The Hall–Kier alpha value is -1.18. The van der Waals surface area contributed by atoms with Crippen molar-refractivity contribution in [2.75, 3.05) is 0 Å². The van der Waals surface area contributed by atoms with E-state index in [2.05, 4.69) is 20.9 Å². The summed E-state index contributed by atoms with van der Waals surface area (Å²) in [6.45, 7) is 0. The summed E-state index contributed by atoms with van der Waals surface area (Å²) in [4.78, 5) is 13.0. The van der Waals surface area contributed by atoms with E-state index in [0.29, 0.717) is 0 Å². The third-order valence-electron chi connectivity index (χ3n) is 1.24. The molecule has 0 fully saturated rings. The van der Waals surface area contributed by atoms with Crippen molar-refractivity contribution >= 4 is 28.1 Å². The van der Waals surface area contributed by atoms with Gasteiger partial charge in [0.15, 0.2) is 0 Å². The summed E-state index contributed by atoms with van der Waals surface area (Å²) in [5, 5.41) is 0. The Kier molecular flexibility index (Phi) is 3.45. The third-order valence-corrected chi connectivity index (χ3v) is 1.74. The summed E-state index contributed by atoms with van der Waals surface area (Å²) in [6.07, 6.45) is 4.57. The van der Waals surface area contributed by atoms with Gasteiger partial charge in [0.1, 0.15) is 0 Å². The summed E-state index contributed by atoms with van der Waals surface area (Å²) in [5.74, 6) is 0. The second-order valence-electron chi connectivity index (χ2n) is 2.09. The van der Waals surface area contributed by atoms with Crippen LogP contribution in [0.15, 0.2) is 39.9 Å². The van der Waals surface area contributed by atoms with Gasteiger partial charge in [-0.2, -0.15) is 4.99 Å². The molecule has 0 aliphatic rings. The maximum Gasteiger partial charge on any atom is 0.239 e. The van der Waals surface area contributed by atoms with Crippen LogP contribution < -0.4 is 0 Å². The molecule has 0 saturated heterocycles. The van der Waals surface area contributed by atoms with E-state index in [9.17, 15) is 4.79 Å². The first kappa shape index (κ1) is 8.91. The topological polar surface area (TPSA) is 29.4 Å². The van der Waals surface area contributed by atoms with Crippen LogP contribution in [0, 0.1) is 0 Å². The molecule has 12 heavy (non-hydrogen) atoms. The quantitative estimate of drug-likeness (QED) is 0.560. The molecular weight excluding hydrogens is 218 g/mol. The first-order valence-electron chi connectivity index (χ1n) is 3.32. The van der Waals surface area contributed by atoms with Gasteiger partial charge in [-0.1, -0.05) is 28.1 Å². The standard InChI is InChI=1S/C9H6BrNO/c10-9-3-1-2-8(6-9)4-5-11-7-12/h1-6H. The van der Waals surface area contributed by atoms with Crippen molar-refractivity contribution in [2.24, 2.45) is 4.99 Å². The first-order valence-corrected chi connectivity index (χ1v) is 4.11. The third kappa shape index (κ3) is 2.82. The van der Waals surface area contributed by atoms with Crippen molar-refractivity contribution < 1.29 is 4.79 Å². The molecule has 0 bridgehead atoms. The summed E-state index contributed by atoms with van der Waals surface area (Å²) in [7, 11) is 0. The lowest BCUT2D eigenvalue weighted by Crippen LogP contribution is -1.69. The average Bonchev–Trinajstić information content (AvgIpc) is 2.05. The highest BCUT2D eigenvalue weighted by Crippen LogP contribution is 2.12. The lowest BCUT2D eigenvalue weighted by Gasteiger charge is -1.91. The van der Waals surface area contributed by atoms with Crippen molar-refractivity contribution in [2.45, 2.75) is 0 Å². The second-order valence-corrected chi connectivity index (χ2v) is 3.01. The van der Waals surface area contributed by atoms with Gasteiger partial charge in [-0.25, -0.2) is 4.79 Å². The Labute approximate surface area is 78.8 Å². The summed E-state index contributed by atoms with van der Waals surface area (Å²) in [6, 6.07) is 7.69. The van der Waals surface area contributed by atoms with Gasteiger partial charge < -0.3 is 0 Å². The fourth-order valence-corrected chi connectivity index (χ4v) is 1.18. The summed E-state index contributed by atoms with van der Waals surface area (Å²) in [5.41, 5.74) is 0.989. The number of nitrogens with zero attached hydrogens (tertiary/aromatic N) is 1. The predicted octanol–water partition coefficient (Wildman–Crippen LogP) is 2.76. The van der Waals surface area contributed by atoms with Crippen molar-refractivity contribution in [1.29, 1.82) is 0 Å². The molecule has 0 radical (unpaired) electrons. The zero-order valence-corrected chi connectivity index (χ0v) is 7.78. The van der Waals surface area contributed by atoms with Crippen LogP contribution in [-0.4, -0.2) is 6.08 Å². The van der Waals surface area contributed by atoms with Gasteiger partial charge >= 0.3 is 0 Å². The molecule has 1 aromatic carbocycles. The first-order chi connectivity index (χ1) is 5.83. The minimum Gasteiger partial charge on any atom is -0.211 e. The summed E-state index contributed by atoms with van der Waals surface area (Å²) < 4.78 is 1.000. The molecule has 0 aliphatic carbocycles. The molecule has 0 aliphatic heterocycles. The maximum atomic E-state index is 9.71. The van der Waals surface area contributed by atoms with Crippen LogP contribution in [0.5, 0.6) is 0 Å². The maximum absolute atomic E-state index is 9.71. The van der Waals surface area contributed by atoms with Crippen LogP contribution >= 0.6 is 15.9 Å². The average molecular weight is 224 g/mol. The van der Waals surface area contributed by atoms with E-state index < -0.39 is 0 Å². The molecule has 0 heterocycles. The highest BCUT2D eigenvalue weighted by molar-refractivity contribution is 9.10. The number of halogens is 1. The summed E-state index contributed by atoms with van der Waals surface area (Å²) >= 11 is 3.33. The molecule has 0 atom stereocenters. The van der Waals surface area contributed by atoms with E-state index >= 15 is 0 Å². The van der Waals surface area contributed by atoms with Gasteiger partial charge in [0.2, 0.25) is 6.08 Å². The Bertz CT molecular complexity index is 340. The van der Waals surface area contributed by atoms with Crippen LogP contribution in [0.1, 0.15) is 5.56 Å². The molecule has 60 valence electrons. The fraction of sp³-hybridized carbons (Fsp3) is 0. The number of isocyanates is 1. The minimum atomic E-state index is 0.989. The SMILES string of the molecule is O=C=NC=Cc1cccc(Br)c1. The molecule has 0 unspecified atom stereocenters. The van der Waals surface area contributed by atoms with Crippen molar-refractivity contribution in [1.82, 2.24) is 0 Å². The van der Waals surface area contributed by atoms with Gasteiger partial charge in [-0.3, -0.25) is 0 Å². The number of hydrogen-bond acceptors (Lipinski definition) is 2. The highest BCUT2D eigenvalue weighted by atomic mass is 79.9. The van der Waals surface area contributed by atoms with Gasteiger partial charge in [-0.05, 0) is 23.8 Å². The van der Waals surface area contributed by atoms with E-state index in [0.717, 1.165) is 10.0 Å².